The van der Waals surface area contributed by atoms with Crippen molar-refractivity contribution in [2.24, 2.45) is 10.8 Å². The van der Waals surface area contributed by atoms with Gasteiger partial charge in [0, 0.05) is 23.7 Å². The molecule has 3 rings (SSSR count). The lowest BCUT2D eigenvalue weighted by Crippen LogP contribution is -2.62. The summed E-state index contributed by atoms with van der Waals surface area (Å²) in [5.41, 5.74) is -4.50. The van der Waals surface area contributed by atoms with Crippen molar-refractivity contribution in [1.82, 2.24) is 0 Å². The maximum absolute atomic E-state index is 12.8. The van der Waals surface area contributed by atoms with Gasteiger partial charge in [-0.05, 0) is 26.7 Å². The molecule has 0 unspecified atom stereocenters. The number of carbonyl (C=O) groups excluding carboxylic acids is 1. The Morgan fingerprint density at radius 2 is 1.73 bits per heavy atom. The lowest BCUT2D eigenvalue weighted by Gasteiger charge is -2.50. The molecule has 22 heavy (non-hydrogen) atoms. The van der Waals surface area contributed by atoms with Gasteiger partial charge in [-0.1, -0.05) is 6.92 Å². The molecule has 3 aliphatic rings. The first-order chi connectivity index (χ1) is 10.0. The van der Waals surface area contributed by atoms with Crippen LogP contribution in [0.5, 0.6) is 0 Å². The molecule has 0 radical (unpaired) electrons. The van der Waals surface area contributed by atoms with Crippen molar-refractivity contribution >= 4 is 5.78 Å². The number of methoxy groups -OCH3 is 1. The normalized spacial score (nSPS) is 49.7. The van der Waals surface area contributed by atoms with E-state index in [-0.39, 0.29) is 5.57 Å². The Morgan fingerprint density at radius 1 is 1.18 bits per heavy atom. The molecule has 6 heteroatoms. The number of carbonyl (C=O) groups is 1. The summed E-state index contributed by atoms with van der Waals surface area (Å²) in [4.78, 5) is 12.8. The molecule has 3 aliphatic carbocycles. The van der Waals surface area contributed by atoms with Gasteiger partial charge in [0.25, 0.3) is 0 Å². The minimum Gasteiger partial charge on any atom is -0.396 e. The number of Topliss-reactive ketones (excluding diaryl/α,β-unsaturated/α-hetero) is 1. The van der Waals surface area contributed by atoms with Crippen molar-refractivity contribution in [3.8, 4) is 0 Å². The summed E-state index contributed by atoms with van der Waals surface area (Å²) in [6, 6.07) is 0. The van der Waals surface area contributed by atoms with Crippen LogP contribution in [0, 0.1) is 10.8 Å². The summed E-state index contributed by atoms with van der Waals surface area (Å²) < 4.78 is 5.69. The third-order valence-electron chi connectivity index (χ3n) is 6.63. The largest absolute Gasteiger partial charge is 0.396 e. The molecule has 0 aromatic rings. The van der Waals surface area contributed by atoms with Crippen LogP contribution in [-0.2, 0) is 9.53 Å². The summed E-state index contributed by atoms with van der Waals surface area (Å²) in [6.07, 6.45) is -1.34. The highest BCUT2D eigenvalue weighted by Gasteiger charge is 2.77. The molecule has 0 bridgehead atoms. The molecule has 0 heterocycles. The second-order valence-electron chi connectivity index (χ2n) is 7.52. The number of hydrogen-bond acceptors (Lipinski definition) is 6. The van der Waals surface area contributed by atoms with E-state index in [9.17, 15) is 25.2 Å². The molecule has 0 aromatic carbocycles. The number of aliphatic hydroxyl groups excluding tert-OH is 3. The fraction of sp³-hybridized carbons (Fsp3) is 0.812. The molecule has 5 atom stereocenters. The zero-order valence-corrected chi connectivity index (χ0v) is 13.4. The molecule has 1 saturated carbocycles. The Balaban J connectivity index is 2.29. The highest BCUT2D eigenvalue weighted by atomic mass is 16.5. The van der Waals surface area contributed by atoms with Gasteiger partial charge in [-0.3, -0.25) is 4.79 Å². The molecule has 0 aliphatic heterocycles. The fourth-order valence-corrected chi connectivity index (χ4v) is 4.64. The fourth-order valence-electron chi connectivity index (χ4n) is 4.64. The molecule has 1 fully saturated rings. The van der Waals surface area contributed by atoms with E-state index in [0.29, 0.717) is 18.4 Å². The van der Waals surface area contributed by atoms with E-state index >= 15 is 0 Å². The number of ether oxygens (including phenoxy) is 1. The maximum Gasteiger partial charge on any atom is 0.193 e. The Labute approximate surface area is 129 Å². The van der Waals surface area contributed by atoms with Gasteiger partial charge in [-0.15, -0.1) is 0 Å². The zero-order chi connectivity index (χ0) is 16.7. The van der Waals surface area contributed by atoms with Gasteiger partial charge in [0.1, 0.15) is 5.60 Å². The van der Waals surface area contributed by atoms with Gasteiger partial charge in [0.2, 0.25) is 0 Å². The van der Waals surface area contributed by atoms with Crippen molar-refractivity contribution in [2.75, 3.05) is 13.7 Å². The van der Waals surface area contributed by atoms with E-state index in [1.165, 1.54) is 21.0 Å². The van der Waals surface area contributed by atoms with Gasteiger partial charge >= 0.3 is 0 Å². The van der Waals surface area contributed by atoms with Crippen LogP contribution < -0.4 is 0 Å². The number of rotatable bonds is 2. The van der Waals surface area contributed by atoms with Gasteiger partial charge in [-0.2, -0.15) is 0 Å². The Hall–Kier alpha value is -0.790. The smallest absolute Gasteiger partial charge is 0.193 e. The van der Waals surface area contributed by atoms with Crippen LogP contribution in [0.4, 0.5) is 0 Å². The summed E-state index contributed by atoms with van der Waals surface area (Å²) in [5, 5.41) is 41.8. The van der Waals surface area contributed by atoms with Crippen LogP contribution in [0.25, 0.3) is 0 Å². The molecule has 6 nitrogen and oxygen atoms in total. The monoisotopic (exact) mass is 312 g/mol. The quantitative estimate of drug-likeness (QED) is 0.549. The molecule has 0 aromatic heterocycles. The van der Waals surface area contributed by atoms with E-state index in [1.807, 2.05) is 0 Å². The van der Waals surface area contributed by atoms with Crippen LogP contribution in [0.1, 0.15) is 33.6 Å². The predicted octanol–water partition coefficient (Wildman–Crippen LogP) is -0.464. The van der Waals surface area contributed by atoms with E-state index in [2.05, 4.69) is 0 Å². The van der Waals surface area contributed by atoms with Crippen molar-refractivity contribution in [1.29, 1.82) is 0 Å². The van der Waals surface area contributed by atoms with Crippen molar-refractivity contribution in [2.45, 2.75) is 57.0 Å². The highest BCUT2D eigenvalue weighted by molar-refractivity contribution is 6.07. The summed E-state index contributed by atoms with van der Waals surface area (Å²) in [5.74, 6) is -0.571. The maximum atomic E-state index is 12.8. The van der Waals surface area contributed by atoms with E-state index < -0.39 is 46.6 Å². The van der Waals surface area contributed by atoms with E-state index in [1.54, 1.807) is 6.92 Å². The third-order valence-corrected chi connectivity index (χ3v) is 6.63. The Morgan fingerprint density at radius 3 is 2.14 bits per heavy atom. The summed E-state index contributed by atoms with van der Waals surface area (Å²) in [7, 11) is 1.48. The lowest BCUT2D eigenvalue weighted by atomic mass is 9.61. The number of aliphatic hydroxyl groups is 4. The minimum absolute atomic E-state index is 0.00377. The molecule has 0 saturated heterocycles. The molecule has 0 amide bonds. The first-order valence-electron chi connectivity index (χ1n) is 7.59. The van der Waals surface area contributed by atoms with Gasteiger partial charge in [-0.25, -0.2) is 0 Å². The first kappa shape index (κ1) is 16.1. The molecule has 1 spiro atoms. The van der Waals surface area contributed by atoms with Crippen LogP contribution in [0.3, 0.4) is 0 Å². The predicted molar refractivity (Wildman–Crippen MR) is 76.9 cm³/mol. The average Bonchev–Trinajstić information content (AvgIpc) is 3.27. The average molecular weight is 312 g/mol. The molecular weight excluding hydrogens is 288 g/mol. The first-order valence-corrected chi connectivity index (χ1v) is 7.59. The molecule has 4 N–H and O–H groups in total. The Kier molecular flexibility index (Phi) is 3.06. The van der Waals surface area contributed by atoms with Crippen molar-refractivity contribution < 1.29 is 30.0 Å². The summed E-state index contributed by atoms with van der Waals surface area (Å²) >= 11 is 0. The minimum atomic E-state index is -1.67. The SMILES string of the molecule is CO[C@@]1(C)C2=C(C(=O)[C@](C)(O)C13CC3)[C@@H](O)[C@@](C)(CO)[C@@H]2O. The second kappa shape index (κ2) is 4.19. The van der Waals surface area contributed by atoms with Crippen LogP contribution in [0.15, 0.2) is 11.1 Å². The standard InChI is InChI=1S/C16H24O6/c1-13(7-17)10(18)8-9(12(13)20)15(3,22-4)16(5-6-16)14(2,21)11(8)19/h10,12,17-18,20-21H,5-7H2,1-4H3/t10-,12-,13-,14+,15+/m1/s1. The van der Waals surface area contributed by atoms with Crippen LogP contribution in [0.2, 0.25) is 0 Å². The number of ketones is 1. The van der Waals surface area contributed by atoms with E-state index in [4.69, 9.17) is 4.74 Å². The van der Waals surface area contributed by atoms with Gasteiger partial charge < -0.3 is 25.2 Å². The topological polar surface area (TPSA) is 107 Å². The zero-order valence-electron chi connectivity index (χ0n) is 13.4. The molecular formula is C16H24O6. The van der Waals surface area contributed by atoms with Gasteiger partial charge in [0.05, 0.1) is 29.8 Å². The molecule has 124 valence electrons. The van der Waals surface area contributed by atoms with Crippen LogP contribution in [-0.4, -0.2) is 63.3 Å². The van der Waals surface area contributed by atoms with Crippen molar-refractivity contribution in [3.05, 3.63) is 11.1 Å². The third kappa shape index (κ3) is 1.37. The van der Waals surface area contributed by atoms with Crippen LogP contribution >= 0.6 is 0 Å². The lowest BCUT2D eigenvalue weighted by molar-refractivity contribution is -0.165. The van der Waals surface area contributed by atoms with Crippen molar-refractivity contribution in [3.63, 3.8) is 0 Å². The van der Waals surface area contributed by atoms with Gasteiger partial charge in [0.15, 0.2) is 5.78 Å². The van der Waals surface area contributed by atoms with E-state index in [0.717, 1.165) is 0 Å². The Bertz CT molecular complexity index is 575. The number of hydrogen-bond donors (Lipinski definition) is 4. The summed E-state index contributed by atoms with van der Waals surface area (Å²) in [6.45, 7) is 4.25. The highest BCUT2D eigenvalue weighted by Crippen LogP contribution is 2.70. The second-order valence-corrected chi connectivity index (χ2v) is 7.52.